The number of aromatic carboxylic acids is 1. The van der Waals surface area contributed by atoms with Crippen LogP contribution in [0.4, 0.5) is 0 Å². The molecule has 0 spiro atoms. The Kier molecular flexibility index (Phi) is 4.31. The molecule has 0 saturated heterocycles. The molecular weight excluding hydrogens is 236 g/mol. The van der Waals surface area contributed by atoms with E-state index < -0.39 is 18.5 Å². The van der Waals surface area contributed by atoms with Gasteiger partial charge in [0.1, 0.15) is 11.3 Å². The first-order chi connectivity index (χ1) is 8.34. The van der Waals surface area contributed by atoms with Gasteiger partial charge in [0.05, 0.1) is 0 Å². The van der Waals surface area contributed by atoms with Gasteiger partial charge in [-0.3, -0.25) is 0 Å². The molecule has 1 aromatic rings. The molecule has 0 radical (unpaired) electrons. The van der Waals surface area contributed by atoms with E-state index in [0.29, 0.717) is 11.1 Å². The number of benzene rings is 1. The van der Waals surface area contributed by atoms with Gasteiger partial charge in [-0.15, -0.1) is 0 Å². The standard InChI is InChI=1S/C13H16O5/c1-7(2)9-5-4-8(3)11(13(16)17)12(9)18-6-10(14)15/h4-5,7H,6H2,1-3H3,(H,14,15)(H,16,17). The van der Waals surface area contributed by atoms with Crippen LogP contribution in [0.25, 0.3) is 0 Å². The molecule has 0 saturated carbocycles. The van der Waals surface area contributed by atoms with Crippen molar-refractivity contribution in [3.05, 3.63) is 28.8 Å². The Hall–Kier alpha value is -2.04. The summed E-state index contributed by atoms with van der Waals surface area (Å²) in [7, 11) is 0. The normalized spacial score (nSPS) is 10.4. The van der Waals surface area contributed by atoms with Crippen LogP contribution in [0.1, 0.15) is 41.3 Å². The van der Waals surface area contributed by atoms with Gasteiger partial charge in [0.2, 0.25) is 0 Å². The fourth-order valence-corrected chi connectivity index (χ4v) is 1.71. The zero-order chi connectivity index (χ0) is 13.9. The average molecular weight is 252 g/mol. The monoisotopic (exact) mass is 252 g/mol. The summed E-state index contributed by atoms with van der Waals surface area (Å²) in [5.74, 6) is -2.05. The average Bonchev–Trinajstić information content (AvgIpc) is 2.24. The van der Waals surface area contributed by atoms with Gasteiger partial charge in [0, 0.05) is 0 Å². The summed E-state index contributed by atoms with van der Waals surface area (Å²) < 4.78 is 5.15. The van der Waals surface area contributed by atoms with Crippen LogP contribution in [-0.2, 0) is 4.79 Å². The van der Waals surface area contributed by atoms with Gasteiger partial charge >= 0.3 is 11.9 Å². The molecule has 18 heavy (non-hydrogen) atoms. The number of carboxylic acid groups (broad SMARTS) is 2. The van der Waals surface area contributed by atoms with Crippen LogP contribution >= 0.6 is 0 Å². The second kappa shape index (κ2) is 5.53. The largest absolute Gasteiger partial charge is 0.481 e. The molecule has 5 nitrogen and oxygen atoms in total. The summed E-state index contributed by atoms with van der Waals surface area (Å²) in [4.78, 5) is 21.8. The van der Waals surface area contributed by atoms with E-state index in [4.69, 9.17) is 9.84 Å². The van der Waals surface area contributed by atoms with E-state index in [0.717, 1.165) is 0 Å². The molecule has 0 aliphatic carbocycles. The van der Waals surface area contributed by atoms with Crippen molar-refractivity contribution in [2.24, 2.45) is 0 Å². The fraction of sp³-hybridized carbons (Fsp3) is 0.385. The molecule has 0 aromatic heterocycles. The molecule has 0 aliphatic rings. The summed E-state index contributed by atoms with van der Waals surface area (Å²) in [6.45, 7) is 4.89. The van der Waals surface area contributed by atoms with Gasteiger partial charge in [-0.1, -0.05) is 26.0 Å². The molecule has 0 unspecified atom stereocenters. The van der Waals surface area contributed by atoms with Gasteiger partial charge in [0.25, 0.3) is 0 Å². The van der Waals surface area contributed by atoms with E-state index in [9.17, 15) is 14.7 Å². The first-order valence-electron chi connectivity index (χ1n) is 5.56. The lowest BCUT2D eigenvalue weighted by molar-refractivity contribution is -0.139. The van der Waals surface area contributed by atoms with Gasteiger partial charge < -0.3 is 14.9 Å². The number of aryl methyl sites for hydroxylation is 1. The molecule has 98 valence electrons. The van der Waals surface area contributed by atoms with E-state index in [1.165, 1.54) is 0 Å². The highest BCUT2D eigenvalue weighted by Crippen LogP contribution is 2.32. The molecule has 0 atom stereocenters. The lowest BCUT2D eigenvalue weighted by Gasteiger charge is -2.17. The second-order valence-corrected chi connectivity index (χ2v) is 4.32. The van der Waals surface area contributed by atoms with Crippen LogP contribution in [-0.4, -0.2) is 28.8 Å². The highest BCUT2D eigenvalue weighted by Gasteiger charge is 2.20. The minimum atomic E-state index is -1.14. The minimum absolute atomic E-state index is 0.0300. The summed E-state index contributed by atoms with van der Waals surface area (Å²) in [6, 6.07) is 3.47. The third-order valence-electron chi connectivity index (χ3n) is 2.57. The highest BCUT2D eigenvalue weighted by atomic mass is 16.5. The second-order valence-electron chi connectivity index (χ2n) is 4.32. The quantitative estimate of drug-likeness (QED) is 0.839. The van der Waals surface area contributed by atoms with Gasteiger partial charge in [0.15, 0.2) is 6.61 Å². The van der Waals surface area contributed by atoms with Crippen LogP contribution < -0.4 is 4.74 Å². The Balaban J connectivity index is 3.33. The SMILES string of the molecule is Cc1ccc(C(C)C)c(OCC(=O)O)c1C(=O)O. The van der Waals surface area contributed by atoms with Crippen LogP contribution in [0.2, 0.25) is 0 Å². The van der Waals surface area contributed by atoms with Crippen molar-refractivity contribution in [2.45, 2.75) is 26.7 Å². The smallest absolute Gasteiger partial charge is 0.341 e. The Bertz CT molecular complexity index is 477. The van der Waals surface area contributed by atoms with Crippen LogP contribution in [0.15, 0.2) is 12.1 Å². The predicted octanol–water partition coefficient (Wildman–Crippen LogP) is 2.28. The first kappa shape index (κ1) is 14.0. The maximum absolute atomic E-state index is 11.2. The molecule has 2 N–H and O–H groups in total. The van der Waals surface area contributed by atoms with E-state index in [1.807, 2.05) is 13.8 Å². The topological polar surface area (TPSA) is 83.8 Å². The Morgan fingerprint density at radius 1 is 1.28 bits per heavy atom. The molecule has 1 aromatic carbocycles. The van der Waals surface area contributed by atoms with Crippen molar-refractivity contribution in [1.29, 1.82) is 0 Å². The van der Waals surface area contributed by atoms with Gasteiger partial charge in [-0.05, 0) is 24.0 Å². The molecule has 0 heterocycles. The zero-order valence-electron chi connectivity index (χ0n) is 10.6. The van der Waals surface area contributed by atoms with E-state index in [2.05, 4.69) is 0 Å². The molecule has 0 aliphatic heterocycles. The number of ether oxygens (including phenoxy) is 1. The Morgan fingerprint density at radius 3 is 2.33 bits per heavy atom. The van der Waals surface area contributed by atoms with Crippen molar-refractivity contribution >= 4 is 11.9 Å². The van der Waals surface area contributed by atoms with Crippen LogP contribution in [0.3, 0.4) is 0 Å². The van der Waals surface area contributed by atoms with E-state index in [-0.39, 0.29) is 17.2 Å². The van der Waals surface area contributed by atoms with Gasteiger partial charge in [-0.25, -0.2) is 9.59 Å². The summed E-state index contributed by atoms with van der Waals surface area (Å²) in [5, 5.41) is 17.8. The van der Waals surface area contributed by atoms with Crippen molar-refractivity contribution in [3.8, 4) is 5.75 Å². The predicted molar refractivity (Wildman–Crippen MR) is 65.4 cm³/mol. The Morgan fingerprint density at radius 2 is 1.89 bits per heavy atom. The van der Waals surface area contributed by atoms with Gasteiger partial charge in [-0.2, -0.15) is 0 Å². The highest BCUT2D eigenvalue weighted by molar-refractivity contribution is 5.93. The van der Waals surface area contributed by atoms with Crippen LogP contribution in [0, 0.1) is 6.92 Å². The lowest BCUT2D eigenvalue weighted by Crippen LogP contribution is -2.14. The summed E-state index contributed by atoms with van der Waals surface area (Å²) >= 11 is 0. The summed E-state index contributed by atoms with van der Waals surface area (Å²) in [6.07, 6.45) is 0. The van der Waals surface area contributed by atoms with E-state index in [1.54, 1.807) is 19.1 Å². The van der Waals surface area contributed by atoms with Crippen LogP contribution in [0.5, 0.6) is 5.75 Å². The number of rotatable bonds is 5. The van der Waals surface area contributed by atoms with Crippen molar-refractivity contribution in [2.75, 3.05) is 6.61 Å². The van der Waals surface area contributed by atoms with Crippen molar-refractivity contribution in [3.63, 3.8) is 0 Å². The number of carboxylic acids is 2. The maximum atomic E-state index is 11.2. The molecule has 0 amide bonds. The van der Waals surface area contributed by atoms with Crippen molar-refractivity contribution in [1.82, 2.24) is 0 Å². The number of carbonyl (C=O) groups is 2. The molecule has 0 bridgehead atoms. The Labute approximate surface area is 105 Å². The zero-order valence-corrected chi connectivity index (χ0v) is 10.6. The lowest BCUT2D eigenvalue weighted by atomic mass is 9.96. The maximum Gasteiger partial charge on any atom is 0.341 e. The number of hydrogen-bond acceptors (Lipinski definition) is 3. The van der Waals surface area contributed by atoms with Crippen molar-refractivity contribution < 1.29 is 24.5 Å². The third kappa shape index (κ3) is 3.00. The molecular formula is C13H16O5. The third-order valence-corrected chi connectivity index (χ3v) is 2.57. The molecule has 5 heteroatoms. The number of hydrogen-bond donors (Lipinski definition) is 2. The molecule has 1 rings (SSSR count). The number of aliphatic carboxylic acids is 1. The molecule has 0 fully saturated rings. The first-order valence-corrected chi connectivity index (χ1v) is 5.56. The fourth-order valence-electron chi connectivity index (χ4n) is 1.71. The minimum Gasteiger partial charge on any atom is -0.481 e. The summed E-state index contributed by atoms with van der Waals surface area (Å²) in [5.41, 5.74) is 1.27. The van der Waals surface area contributed by atoms with E-state index >= 15 is 0 Å².